The Morgan fingerprint density at radius 1 is 1.09 bits per heavy atom. The van der Waals surface area contributed by atoms with Gasteiger partial charge in [-0.3, -0.25) is 5.41 Å². The minimum absolute atomic E-state index is 0.0883. The monoisotopic (exact) mass is 444 g/mol. The zero-order valence-electron chi connectivity index (χ0n) is 18.2. The van der Waals surface area contributed by atoms with Crippen LogP contribution in [0.4, 0.5) is 0 Å². The highest BCUT2D eigenvalue weighted by Gasteiger charge is 2.20. The normalized spacial score (nSPS) is 12.0. The van der Waals surface area contributed by atoms with E-state index in [1.165, 1.54) is 5.56 Å². The van der Waals surface area contributed by atoms with E-state index in [0.29, 0.717) is 6.61 Å². The summed E-state index contributed by atoms with van der Waals surface area (Å²) in [4.78, 5) is 4.98. The van der Waals surface area contributed by atoms with E-state index in [4.69, 9.17) is 20.9 Å². The number of ether oxygens (including phenoxy) is 1. The first-order valence-corrected chi connectivity index (χ1v) is 11.6. The van der Waals surface area contributed by atoms with Crippen molar-refractivity contribution in [1.29, 1.82) is 5.41 Å². The molecule has 0 radical (unpaired) electrons. The highest BCUT2D eigenvalue weighted by molar-refractivity contribution is 7.18. The Morgan fingerprint density at radius 3 is 2.72 bits per heavy atom. The zero-order valence-corrected chi connectivity index (χ0v) is 19.0. The van der Waals surface area contributed by atoms with Crippen LogP contribution in [0.15, 0.2) is 72.8 Å². The Hall–Kier alpha value is -3.22. The SMILES string of the molecule is CNCCCOc1ccc2nc(C(Cc3cccc(C(=N)N)c3)c3ccccc3)sc2c1. The van der Waals surface area contributed by atoms with E-state index in [-0.39, 0.29) is 11.8 Å². The van der Waals surface area contributed by atoms with Gasteiger partial charge in [0.1, 0.15) is 16.6 Å². The second-order valence-electron chi connectivity index (χ2n) is 7.77. The first-order chi connectivity index (χ1) is 15.6. The van der Waals surface area contributed by atoms with E-state index in [0.717, 1.165) is 51.5 Å². The first kappa shape index (κ1) is 22.0. The summed E-state index contributed by atoms with van der Waals surface area (Å²) in [5.41, 5.74) is 9.81. The fourth-order valence-corrected chi connectivity index (χ4v) is 4.86. The number of nitrogens with zero attached hydrogens (tertiary/aromatic N) is 1. The van der Waals surface area contributed by atoms with Gasteiger partial charge < -0.3 is 15.8 Å². The number of hydrogen-bond acceptors (Lipinski definition) is 5. The molecule has 0 fully saturated rings. The molecule has 0 aliphatic heterocycles. The summed E-state index contributed by atoms with van der Waals surface area (Å²) in [6.45, 7) is 1.63. The highest BCUT2D eigenvalue weighted by Crippen LogP contribution is 2.35. The molecule has 3 aromatic carbocycles. The Balaban J connectivity index is 1.63. The van der Waals surface area contributed by atoms with Gasteiger partial charge in [-0.15, -0.1) is 11.3 Å². The molecule has 0 amide bonds. The molecule has 0 spiro atoms. The van der Waals surface area contributed by atoms with Crippen LogP contribution in [0.5, 0.6) is 5.75 Å². The predicted octanol–water partition coefficient (Wildman–Crippen LogP) is 4.94. The average molecular weight is 445 g/mol. The van der Waals surface area contributed by atoms with E-state index >= 15 is 0 Å². The number of nitrogens with two attached hydrogens (primary N) is 1. The maximum Gasteiger partial charge on any atom is 0.122 e. The summed E-state index contributed by atoms with van der Waals surface area (Å²) >= 11 is 1.72. The summed E-state index contributed by atoms with van der Waals surface area (Å²) < 4.78 is 7.04. The van der Waals surface area contributed by atoms with Crippen LogP contribution in [0.1, 0.15) is 34.0 Å². The lowest BCUT2D eigenvalue weighted by atomic mass is 9.92. The predicted molar refractivity (Wildman–Crippen MR) is 133 cm³/mol. The van der Waals surface area contributed by atoms with Gasteiger partial charge in [-0.25, -0.2) is 4.98 Å². The van der Waals surface area contributed by atoms with E-state index in [2.05, 4.69) is 41.7 Å². The lowest BCUT2D eigenvalue weighted by Gasteiger charge is -2.16. The molecule has 4 N–H and O–H groups in total. The van der Waals surface area contributed by atoms with Crippen LogP contribution >= 0.6 is 11.3 Å². The van der Waals surface area contributed by atoms with E-state index in [1.54, 1.807) is 11.3 Å². The zero-order chi connectivity index (χ0) is 22.3. The van der Waals surface area contributed by atoms with Gasteiger partial charge in [-0.05, 0) is 61.8 Å². The number of nitrogen functional groups attached to an aromatic ring is 1. The smallest absolute Gasteiger partial charge is 0.122 e. The number of fused-ring (bicyclic) bond motifs is 1. The molecule has 0 saturated carbocycles. The number of thiazole rings is 1. The van der Waals surface area contributed by atoms with Crippen molar-refractivity contribution in [3.05, 3.63) is 94.5 Å². The van der Waals surface area contributed by atoms with Crippen molar-refractivity contribution in [3.63, 3.8) is 0 Å². The molecule has 0 aliphatic rings. The maximum absolute atomic E-state index is 7.76. The van der Waals surface area contributed by atoms with E-state index in [9.17, 15) is 0 Å². The lowest BCUT2D eigenvalue weighted by molar-refractivity contribution is 0.310. The van der Waals surface area contributed by atoms with Gasteiger partial charge in [0.05, 0.1) is 16.8 Å². The molecule has 1 heterocycles. The lowest BCUT2D eigenvalue weighted by Crippen LogP contribution is -2.12. The maximum atomic E-state index is 7.76. The topological polar surface area (TPSA) is 84.0 Å². The number of benzene rings is 3. The second-order valence-corrected chi connectivity index (χ2v) is 8.83. The molecule has 0 bridgehead atoms. The molecular weight excluding hydrogens is 416 g/mol. The van der Waals surface area contributed by atoms with Crippen LogP contribution in [0.2, 0.25) is 0 Å². The van der Waals surface area contributed by atoms with Crippen LogP contribution in [-0.2, 0) is 6.42 Å². The molecule has 4 rings (SSSR count). The minimum Gasteiger partial charge on any atom is -0.493 e. The molecule has 1 unspecified atom stereocenters. The summed E-state index contributed by atoms with van der Waals surface area (Å²) in [6.07, 6.45) is 1.76. The summed E-state index contributed by atoms with van der Waals surface area (Å²) in [5.74, 6) is 1.09. The van der Waals surface area contributed by atoms with Gasteiger partial charge in [-0.2, -0.15) is 0 Å². The van der Waals surface area contributed by atoms with Gasteiger partial charge in [0, 0.05) is 11.5 Å². The van der Waals surface area contributed by atoms with Gasteiger partial charge in [0.2, 0.25) is 0 Å². The van der Waals surface area contributed by atoms with Crippen LogP contribution in [-0.4, -0.2) is 31.0 Å². The fourth-order valence-electron chi connectivity index (χ4n) is 3.74. The molecule has 6 heteroatoms. The third-order valence-electron chi connectivity index (χ3n) is 5.39. The molecule has 4 aromatic rings. The van der Waals surface area contributed by atoms with Gasteiger partial charge in [-0.1, -0.05) is 48.5 Å². The van der Waals surface area contributed by atoms with Crippen LogP contribution in [0, 0.1) is 5.41 Å². The van der Waals surface area contributed by atoms with Crippen molar-refractivity contribution in [3.8, 4) is 5.75 Å². The molecule has 0 saturated heterocycles. The molecule has 1 aromatic heterocycles. The van der Waals surface area contributed by atoms with Crippen molar-refractivity contribution in [2.75, 3.05) is 20.2 Å². The number of rotatable bonds is 10. The van der Waals surface area contributed by atoms with Crippen molar-refractivity contribution < 1.29 is 4.74 Å². The van der Waals surface area contributed by atoms with Crippen LogP contribution < -0.4 is 15.8 Å². The highest BCUT2D eigenvalue weighted by atomic mass is 32.1. The van der Waals surface area contributed by atoms with Crippen LogP contribution in [0.3, 0.4) is 0 Å². The van der Waals surface area contributed by atoms with Crippen molar-refractivity contribution in [2.24, 2.45) is 5.73 Å². The van der Waals surface area contributed by atoms with Crippen molar-refractivity contribution in [1.82, 2.24) is 10.3 Å². The third-order valence-corrected chi connectivity index (χ3v) is 6.53. The number of nitrogens with one attached hydrogen (secondary N) is 2. The summed E-state index contributed by atoms with van der Waals surface area (Å²) in [6, 6.07) is 24.5. The Morgan fingerprint density at radius 2 is 1.94 bits per heavy atom. The second kappa shape index (κ2) is 10.4. The molecular formula is C26H28N4OS. The molecule has 32 heavy (non-hydrogen) atoms. The van der Waals surface area contributed by atoms with Crippen molar-refractivity contribution >= 4 is 27.4 Å². The van der Waals surface area contributed by atoms with Crippen molar-refractivity contribution in [2.45, 2.75) is 18.8 Å². The summed E-state index contributed by atoms with van der Waals surface area (Å²) in [5, 5.41) is 12.0. The van der Waals surface area contributed by atoms with E-state index in [1.807, 2.05) is 43.4 Å². The quantitative estimate of drug-likeness (QED) is 0.184. The largest absolute Gasteiger partial charge is 0.493 e. The van der Waals surface area contributed by atoms with Gasteiger partial charge in [0.25, 0.3) is 0 Å². The van der Waals surface area contributed by atoms with Gasteiger partial charge >= 0.3 is 0 Å². The average Bonchev–Trinajstić information content (AvgIpc) is 3.24. The molecule has 5 nitrogen and oxygen atoms in total. The summed E-state index contributed by atoms with van der Waals surface area (Å²) in [7, 11) is 1.95. The number of aromatic nitrogens is 1. The number of amidine groups is 1. The van der Waals surface area contributed by atoms with Gasteiger partial charge in [0.15, 0.2) is 0 Å². The molecule has 0 aliphatic carbocycles. The fraction of sp³-hybridized carbons (Fsp3) is 0.231. The Kier molecular flexibility index (Phi) is 7.14. The minimum atomic E-state index is 0.0883. The number of hydrogen-bond donors (Lipinski definition) is 3. The third kappa shape index (κ3) is 5.33. The molecule has 164 valence electrons. The van der Waals surface area contributed by atoms with Crippen LogP contribution in [0.25, 0.3) is 10.2 Å². The Labute approximate surface area is 192 Å². The first-order valence-electron chi connectivity index (χ1n) is 10.8. The molecule has 1 atom stereocenters. The Bertz CT molecular complexity index is 1190. The standard InChI is InChI=1S/C26H28N4OS/c1-29-13-6-14-31-21-11-12-23-24(17-21)32-26(30-23)22(19-8-3-2-4-9-19)16-18-7-5-10-20(15-18)25(27)28/h2-5,7-12,15,17,22,29H,6,13-14,16H2,1H3,(H3,27,28). The van der Waals surface area contributed by atoms with E-state index < -0.39 is 0 Å².